The van der Waals surface area contributed by atoms with Gasteiger partial charge in [-0.05, 0) is 12.1 Å². The van der Waals surface area contributed by atoms with E-state index < -0.39 is 16.0 Å². The van der Waals surface area contributed by atoms with E-state index in [9.17, 15) is 13.2 Å². The molecule has 0 radical (unpaired) electrons. The van der Waals surface area contributed by atoms with E-state index in [0.717, 1.165) is 6.26 Å². The van der Waals surface area contributed by atoms with Crippen LogP contribution in [0.1, 0.15) is 10.5 Å². The zero-order chi connectivity index (χ0) is 14.9. The first-order valence-electron chi connectivity index (χ1n) is 5.62. The third-order valence-corrected chi connectivity index (χ3v) is 3.19. The molecule has 20 heavy (non-hydrogen) atoms. The fourth-order valence-corrected chi connectivity index (χ4v) is 2.40. The van der Waals surface area contributed by atoms with Crippen molar-refractivity contribution in [3.63, 3.8) is 0 Å². The molecule has 2 rings (SSSR count). The largest absolute Gasteiger partial charge is 0.476 e. The molecule has 0 saturated carbocycles. The van der Waals surface area contributed by atoms with E-state index in [1.165, 1.54) is 10.7 Å². The minimum atomic E-state index is -3.43. The topological polar surface area (TPSA) is 101 Å². The molecule has 0 saturated heterocycles. The first kappa shape index (κ1) is 14.1. The van der Waals surface area contributed by atoms with Gasteiger partial charge in [0.1, 0.15) is 0 Å². The minimum Gasteiger partial charge on any atom is -0.476 e. The number of anilines is 1. The number of hydrogen-bond acceptors (Lipinski definition) is 4. The van der Waals surface area contributed by atoms with Crippen molar-refractivity contribution in [3.8, 4) is 11.3 Å². The van der Waals surface area contributed by atoms with Crippen LogP contribution >= 0.6 is 0 Å². The summed E-state index contributed by atoms with van der Waals surface area (Å²) >= 11 is 0. The molecule has 0 unspecified atom stereocenters. The van der Waals surface area contributed by atoms with Crippen molar-refractivity contribution in [3.05, 3.63) is 36.0 Å². The van der Waals surface area contributed by atoms with Gasteiger partial charge in [-0.1, -0.05) is 18.2 Å². The van der Waals surface area contributed by atoms with Crippen molar-refractivity contribution in [1.82, 2.24) is 9.78 Å². The van der Waals surface area contributed by atoms with E-state index >= 15 is 0 Å². The predicted molar refractivity (Wildman–Crippen MR) is 74.1 cm³/mol. The van der Waals surface area contributed by atoms with Gasteiger partial charge >= 0.3 is 5.97 Å². The number of carboxylic acids is 1. The van der Waals surface area contributed by atoms with Crippen LogP contribution < -0.4 is 4.72 Å². The first-order valence-corrected chi connectivity index (χ1v) is 7.51. The molecule has 8 heteroatoms. The Morgan fingerprint density at radius 3 is 2.55 bits per heavy atom. The Hall–Kier alpha value is -2.35. The number of benzene rings is 1. The maximum atomic E-state index is 11.4. The maximum Gasteiger partial charge on any atom is 0.356 e. The molecule has 0 aliphatic heterocycles. The zero-order valence-corrected chi connectivity index (χ0v) is 11.7. The van der Waals surface area contributed by atoms with Gasteiger partial charge in [-0.2, -0.15) is 5.10 Å². The van der Waals surface area contributed by atoms with Gasteiger partial charge in [0.25, 0.3) is 0 Å². The van der Waals surface area contributed by atoms with Crippen LogP contribution in [0, 0.1) is 0 Å². The highest BCUT2D eigenvalue weighted by molar-refractivity contribution is 7.92. The van der Waals surface area contributed by atoms with Crippen molar-refractivity contribution in [2.45, 2.75) is 0 Å². The monoisotopic (exact) mass is 295 g/mol. The second-order valence-corrected chi connectivity index (χ2v) is 6.01. The average molecular weight is 295 g/mol. The number of aromatic nitrogens is 2. The van der Waals surface area contributed by atoms with Gasteiger partial charge in [-0.25, -0.2) is 13.2 Å². The Bertz CT molecular complexity index is 765. The van der Waals surface area contributed by atoms with Gasteiger partial charge in [0.05, 0.1) is 17.6 Å². The third-order valence-electron chi connectivity index (χ3n) is 2.60. The second-order valence-electron chi connectivity index (χ2n) is 4.26. The smallest absolute Gasteiger partial charge is 0.356 e. The summed E-state index contributed by atoms with van der Waals surface area (Å²) in [5.74, 6) is -1.14. The highest BCUT2D eigenvalue weighted by atomic mass is 32.2. The molecule has 1 heterocycles. The van der Waals surface area contributed by atoms with Gasteiger partial charge < -0.3 is 5.11 Å². The number of rotatable bonds is 4. The summed E-state index contributed by atoms with van der Waals surface area (Å²) in [5.41, 5.74) is 1.33. The Morgan fingerprint density at radius 1 is 1.35 bits per heavy atom. The molecule has 7 nitrogen and oxygen atoms in total. The Morgan fingerprint density at radius 2 is 2.00 bits per heavy atom. The number of para-hydroxylation sites is 1. The van der Waals surface area contributed by atoms with Crippen LogP contribution in [-0.4, -0.2) is 35.5 Å². The lowest BCUT2D eigenvalue weighted by molar-refractivity contribution is 0.0689. The summed E-state index contributed by atoms with van der Waals surface area (Å²) in [7, 11) is -1.83. The van der Waals surface area contributed by atoms with Crippen LogP contribution in [-0.2, 0) is 17.1 Å². The molecule has 0 spiro atoms. The quantitative estimate of drug-likeness (QED) is 0.881. The number of aryl methyl sites for hydroxylation is 1. The minimum absolute atomic E-state index is 0.100. The molecule has 2 N–H and O–H groups in total. The number of nitrogens with one attached hydrogen (secondary N) is 1. The van der Waals surface area contributed by atoms with Crippen LogP contribution in [0.2, 0.25) is 0 Å². The second kappa shape index (κ2) is 4.97. The molecule has 0 bridgehead atoms. The Balaban J connectivity index is 2.56. The standard InChI is InChI=1S/C12H13N3O4S/c1-15-11(7-10(13-15)12(16)17)8-5-3-4-6-9(8)14-20(2,18)19/h3-7,14H,1-2H3,(H,16,17). The molecule has 0 amide bonds. The summed E-state index contributed by atoms with van der Waals surface area (Å²) in [6.45, 7) is 0. The molecule has 2 aromatic rings. The summed E-state index contributed by atoms with van der Waals surface area (Å²) < 4.78 is 26.5. The number of hydrogen-bond donors (Lipinski definition) is 2. The van der Waals surface area contributed by atoms with E-state index in [-0.39, 0.29) is 5.69 Å². The number of carbonyl (C=O) groups is 1. The van der Waals surface area contributed by atoms with Crippen molar-refractivity contribution >= 4 is 21.7 Å². The highest BCUT2D eigenvalue weighted by Crippen LogP contribution is 2.28. The highest BCUT2D eigenvalue weighted by Gasteiger charge is 2.16. The number of nitrogens with zero attached hydrogens (tertiary/aromatic N) is 2. The van der Waals surface area contributed by atoms with Gasteiger partial charge in [-0.3, -0.25) is 9.40 Å². The Kier molecular flexibility index (Phi) is 3.49. The molecule has 0 fully saturated rings. The zero-order valence-electron chi connectivity index (χ0n) is 10.9. The molecule has 1 aromatic heterocycles. The van der Waals surface area contributed by atoms with Gasteiger partial charge in [-0.15, -0.1) is 0 Å². The molecular weight excluding hydrogens is 282 g/mol. The van der Waals surface area contributed by atoms with E-state index in [1.54, 1.807) is 31.3 Å². The normalized spacial score (nSPS) is 11.3. The number of sulfonamides is 1. The van der Waals surface area contributed by atoms with E-state index in [4.69, 9.17) is 5.11 Å². The van der Waals surface area contributed by atoms with Crippen LogP contribution in [0.4, 0.5) is 5.69 Å². The van der Waals surface area contributed by atoms with Gasteiger partial charge in [0.2, 0.25) is 10.0 Å². The molecule has 0 aliphatic carbocycles. The lowest BCUT2D eigenvalue weighted by Crippen LogP contribution is -2.10. The van der Waals surface area contributed by atoms with Crippen LogP contribution in [0.15, 0.2) is 30.3 Å². The Labute approximate surface area is 115 Å². The fraction of sp³-hybridized carbons (Fsp3) is 0.167. The maximum absolute atomic E-state index is 11.4. The summed E-state index contributed by atoms with van der Waals surface area (Å²) in [4.78, 5) is 10.9. The van der Waals surface area contributed by atoms with Crippen molar-refractivity contribution in [1.29, 1.82) is 0 Å². The number of aromatic carboxylic acids is 1. The molecule has 106 valence electrons. The fourth-order valence-electron chi connectivity index (χ4n) is 1.82. The summed E-state index contributed by atoms with van der Waals surface area (Å²) in [5, 5.41) is 12.8. The molecule has 0 atom stereocenters. The lowest BCUT2D eigenvalue weighted by atomic mass is 10.1. The molecule has 0 aliphatic rings. The van der Waals surface area contributed by atoms with Crippen molar-refractivity contribution in [2.75, 3.05) is 11.0 Å². The molecule has 1 aromatic carbocycles. The molecular formula is C12H13N3O4S. The number of carboxylic acid groups (broad SMARTS) is 1. The van der Waals surface area contributed by atoms with E-state index in [1.807, 2.05) is 0 Å². The lowest BCUT2D eigenvalue weighted by Gasteiger charge is -2.10. The van der Waals surface area contributed by atoms with Crippen LogP contribution in [0.3, 0.4) is 0 Å². The summed E-state index contributed by atoms with van der Waals surface area (Å²) in [6, 6.07) is 8.10. The van der Waals surface area contributed by atoms with Crippen molar-refractivity contribution in [2.24, 2.45) is 7.05 Å². The third kappa shape index (κ3) is 2.97. The van der Waals surface area contributed by atoms with Gasteiger partial charge in [0.15, 0.2) is 5.69 Å². The average Bonchev–Trinajstić information content (AvgIpc) is 2.70. The SMILES string of the molecule is Cn1nc(C(=O)O)cc1-c1ccccc1NS(C)(=O)=O. The predicted octanol–water partition coefficient (Wildman–Crippen LogP) is 1.16. The van der Waals surface area contributed by atoms with Crippen LogP contribution in [0.25, 0.3) is 11.3 Å². The summed E-state index contributed by atoms with van der Waals surface area (Å²) in [6.07, 6.45) is 1.05. The van der Waals surface area contributed by atoms with Crippen molar-refractivity contribution < 1.29 is 18.3 Å². The van der Waals surface area contributed by atoms with E-state index in [0.29, 0.717) is 16.9 Å². The van der Waals surface area contributed by atoms with E-state index in [2.05, 4.69) is 9.82 Å². The van der Waals surface area contributed by atoms with Crippen LogP contribution in [0.5, 0.6) is 0 Å². The van der Waals surface area contributed by atoms with Gasteiger partial charge in [0, 0.05) is 12.6 Å². The first-order chi connectivity index (χ1) is 9.28.